The van der Waals surface area contributed by atoms with Crippen LogP contribution in [0, 0.1) is 39.8 Å². The van der Waals surface area contributed by atoms with Crippen LogP contribution >= 0.6 is 0 Å². The summed E-state index contributed by atoms with van der Waals surface area (Å²) in [5.41, 5.74) is 9.02. The molecule has 0 aliphatic carbocycles. The first-order valence-electron chi connectivity index (χ1n) is 15.9. The summed E-state index contributed by atoms with van der Waals surface area (Å²) in [7, 11) is 0. The molecule has 0 atom stereocenters. The van der Waals surface area contributed by atoms with Gasteiger partial charge in [0.2, 0.25) is 0 Å². The van der Waals surface area contributed by atoms with Crippen LogP contribution in [0.3, 0.4) is 0 Å². The van der Waals surface area contributed by atoms with Gasteiger partial charge in [-0.2, -0.15) is 16.7 Å². The van der Waals surface area contributed by atoms with E-state index in [0.717, 1.165) is 73.4 Å². The number of aryl methyl sites for hydroxylation is 4. The van der Waals surface area contributed by atoms with Gasteiger partial charge in [-0.15, -0.1) is 35.7 Å². The van der Waals surface area contributed by atoms with Gasteiger partial charge in [0.1, 0.15) is 5.82 Å². The maximum Gasteiger partial charge on any atom is 2.00 e. The molecule has 0 saturated carbocycles. The van der Waals surface area contributed by atoms with E-state index in [0.29, 0.717) is 11.5 Å². The first-order valence-corrected chi connectivity index (χ1v) is 14.4. The summed E-state index contributed by atoms with van der Waals surface area (Å²) in [5.74, 6) is 1.78. The van der Waals surface area contributed by atoms with Gasteiger partial charge in [-0.05, 0) is 68.0 Å². The molecule has 0 N–H and O–H groups in total. The minimum atomic E-state index is -2.22. The number of hydrogen-bond donors (Lipinski definition) is 0. The SMILES string of the molecule is [2H]C([2H])([2H])c1ccc2c(c1)c1ccc(Oc3[c-]c(-n4nc(C)c(-c5ccccc5)c4C)cc(CC)c3)[c-]c1n2-c1cc(C)ccn1.[Pt+2]. The minimum absolute atomic E-state index is 0. The van der Waals surface area contributed by atoms with E-state index in [4.69, 9.17) is 13.9 Å². The van der Waals surface area contributed by atoms with E-state index in [-0.39, 0.29) is 26.6 Å². The molecular weight excluding hydrogens is 724 g/mol. The second-order valence-electron chi connectivity index (χ2n) is 10.9. The summed E-state index contributed by atoms with van der Waals surface area (Å²) in [5, 5.41) is 6.57. The predicted octanol–water partition coefficient (Wildman–Crippen LogP) is 9.22. The van der Waals surface area contributed by atoms with Gasteiger partial charge in [0.05, 0.1) is 5.69 Å². The van der Waals surface area contributed by atoms with Gasteiger partial charge < -0.3 is 9.30 Å². The standard InChI is InChI=1S/C38H32N4O.Pt/c1-6-28-20-30(42-27(5)38(26(4)40-42)29-10-8-7-9-11-29)22-32(21-28)43-31-13-14-33-34-18-24(2)12-15-35(34)41(36(33)23-31)37-19-25(3)16-17-39-37;/h7-21H,6H2,1-5H3;/q-2;+2/i2D3;. The molecule has 220 valence electrons. The summed E-state index contributed by atoms with van der Waals surface area (Å²) in [4.78, 5) is 4.65. The number of rotatable bonds is 6. The fourth-order valence-electron chi connectivity index (χ4n) is 5.84. The summed E-state index contributed by atoms with van der Waals surface area (Å²) in [6.45, 7) is 6.01. The Balaban J connectivity index is 0.00000386. The van der Waals surface area contributed by atoms with Crippen LogP contribution in [-0.4, -0.2) is 19.3 Å². The Hall–Kier alpha value is -4.47. The Morgan fingerprint density at radius 3 is 2.45 bits per heavy atom. The van der Waals surface area contributed by atoms with Crippen LogP contribution in [0.5, 0.6) is 11.5 Å². The third-order valence-electron chi connectivity index (χ3n) is 7.88. The average molecular weight is 759 g/mol. The molecule has 5 nitrogen and oxygen atoms in total. The molecule has 0 unspecified atom stereocenters. The molecule has 0 bridgehead atoms. The number of fused-ring (bicyclic) bond motifs is 3. The van der Waals surface area contributed by atoms with Crippen molar-refractivity contribution in [1.29, 1.82) is 0 Å². The van der Waals surface area contributed by atoms with Crippen molar-refractivity contribution in [3.63, 3.8) is 0 Å². The Morgan fingerprint density at radius 2 is 1.68 bits per heavy atom. The van der Waals surface area contributed by atoms with Crippen LogP contribution in [0.15, 0.2) is 91.1 Å². The largest absolute Gasteiger partial charge is 2.00 e. The third kappa shape index (κ3) is 5.26. The fraction of sp³-hybridized carbons (Fsp3) is 0.158. The number of benzene rings is 4. The quantitative estimate of drug-likeness (QED) is 0.159. The second kappa shape index (κ2) is 11.9. The Morgan fingerprint density at radius 1 is 0.841 bits per heavy atom. The molecule has 0 aliphatic heterocycles. The molecule has 44 heavy (non-hydrogen) atoms. The predicted molar refractivity (Wildman–Crippen MR) is 174 cm³/mol. The number of aromatic nitrogens is 4. The number of hydrogen-bond acceptors (Lipinski definition) is 3. The first-order chi connectivity index (χ1) is 22.1. The van der Waals surface area contributed by atoms with E-state index in [1.54, 1.807) is 18.3 Å². The Labute approximate surface area is 276 Å². The Kier molecular flexibility index (Phi) is 7.02. The summed E-state index contributed by atoms with van der Waals surface area (Å²) >= 11 is 0. The monoisotopic (exact) mass is 758 g/mol. The molecule has 3 aromatic heterocycles. The molecule has 0 radical (unpaired) electrons. The van der Waals surface area contributed by atoms with Crippen LogP contribution in [0.1, 0.15) is 39.1 Å². The fourth-order valence-corrected chi connectivity index (χ4v) is 5.84. The van der Waals surface area contributed by atoms with Crippen molar-refractivity contribution in [2.45, 2.75) is 41.0 Å². The topological polar surface area (TPSA) is 44.9 Å². The smallest absolute Gasteiger partial charge is 0.509 e. The van der Waals surface area contributed by atoms with Crippen LogP contribution in [0.4, 0.5) is 0 Å². The molecule has 0 fully saturated rings. The van der Waals surface area contributed by atoms with Gasteiger partial charge in [-0.1, -0.05) is 66.9 Å². The normalized spacial score (nSPS) is 12.5. The molecular formula is C38H32N4OPt. The van der Waals surface area contributed by atoms with Gasteiger partial charge in [-0.3, -0.25) is 4.68 Å². The van der Waals surface area contributed by atoms with E-state index in [9.17, 15) is 0 Å². The van der Waals surface area contributed by atoms with Crippen molar-refractivity contribution < 1.29 is 29.9 Å². The van der Waals surface area contributed by atoms with Gasteiger partial charge >= 0.3 is 21.1 Å². The van der Waals surface area contributed by atoms with E-state index in [2.05, 4.69) is 49.2 Å². The third-order valence-corrected chi connectivity index (χ3v) is 7.88. The van der Waals surface area contributed by atoms with Crippen LogP contribution in [0.25, 0.3) is 44.4 Å². The maximum absolute atomic E-state index is 7.97. The van der Waals surface area contributed by atoms with Gasteiger partial charge in [-0.25, -0.2) is 4.98 Å². The molecule has 6 heteroatoms. The zero-order chi connectivity index (χ0) is 32.2. The first kappa shape index (κ1) is 26.0. The van der Waals surface area contributed by atoms with Crippen molar-refractivity contribution in [2.24, 2.45) is 0 Å². The van der Waals surface area contributed by atoms with E-state index in [1.807, 2.05) is 77.7 Å². The zero-order valence-corrected chi connectivity index (χ0v) is 27.2. The minimum Gasteiger partial charge on any atom is -0.509 e. The van der Waals surface area contributed by atoms with Gasteiger partial charge in [0.15, 0.2) is 0 Å². The van der Waals surface area contributed by atoms with Gasteiger partial charge in [0, 0.05) is 38.6 Å². The molecule has 7 aromatic rings. The summed E-state index contributed by atoms with van der Waals surface area (Å²) in [6, 6.07) is 34.3. The van der Waals surface area contributed by atoms with Crippen molar-refractivity contribution >= 4 is 21.8 Å². The number of nitrogens with zero attached hydrogens (tertiary/aromatic N) is 4. The maximum atomic E-state index is 7.97. The molecule has 0 spiro atoms. The van der Waals surface area contributed by atoms with Crippen LogP contribution < -0.4 is 4.74 Å². The molecule has 3 heterocycles. The zero-order valence-electron chi connectivity index (χ0n) is 27.9. The van der Waals surface area contributed by atoms with Crippen LogP contribution in [0.2, 0.25) is 0 Å². The molecule has 4 aromatic carbocycles. The van der Waals surface area contributed by atoms with Crippen molar-refractivity contribution in [2.75, 3.05) is 0 Å². The van der Waals surface area contributed by atoms with Crippen LogP contribution in [-0.2, 0) is 27.5 Å². The second-order valence-corrected chi connectivity index (χ2v) is 10.9. The van der Waals surface area contributed by atoms with E-state index >= 15 is 0 Å². The molecule has 0 saturated heterocycles. The van der Waals surface area contributed by atoms with Crippen molar-refractivity contribution in [3.05, 3.63) is 131 Å². The van der Waals surface area contributed by atoms with Gasteiger partial charge in [0.25, 0.3) is 0 Å². The van der Waals surface area contributed by atoms with Crippen molar-refractivity contribution in [1.82, 2.24) is 19.3 Å². The summed E-state index contributed by atoms with van der Waals surface area (Å²) in [6.07, 6.45) is 2.58. The number of pyridine rings is 1. The van der Waals surface area contributed by atoms with Crippen molar-refractivity contribution in [3.8, 4) is 34.1 Å². The molecule has 0 amide bonds. The summed E-state index contributed by atoms with van der Waals surface area (Å²) < 4.78 is 34.3. The Bertz CT molecular complexity index is 2250. The van der Waals surface area contributed by atoms with E-state index < -0.39 is 6.85 Å². The molecule has 0 aliphatic rings. The average Bonchev–Trinajstić information content (AvgIpc) is 3.53. The number of ether oxygens (including phenoxy) is 1. The van der Waals surface area contributed by atoms with E-state index in [1.165, 1.54) is 0 Å². The molecule has 7 rings (SSSR count).